The third-order valence-electron chi connectivity index (χ3n) is 3.19. The van der Waals surface area contributed by atoms with E-state index in [1.54, 1.807) is 23.1 Å². The molecule has 1 aliphatic rings. The van der Waals surface area contributed by atoms with E-state index in [2.05, 4.69) is 17.2 Å². The Balaban J connectivity index is 1.86. The first-order valence-corrected chi connectivity index (χ1v) is 7.19. The Kier molecular flexibility index (Phi) is 5.09. The van der Waals surface area contributed by atoms with Gasteiger partial charge in [0.2, 0.25) is 5.91 Å². The van der Waals surface area contributed by atoms with E-state index in [4.69, 9.17) is 23.2 Å². The lowest BCUT2D eigenvalue weighted by Gasteiger charge is -2.15. The summed E-state index contributed by atoms with van der Waals surface area (Å²) in [5.41, 5.74) is 0.555. The number of carbonyl (C=O) groups excluding carboxylic acids is 2. The van der Waals surface area contributed by atoms with Crippen LogP contribution < -0.4 is 10.6 Å². The number of urea groups is 1. The number of amides is 3. The number of halogens is 2. The molecule has 0 bridgehead atoms. The highest BCUT2D eigenvalue weighted by Gasteiger charge is 2.25. The molecule has 21 heavy (non-hydrogen) atoms. The Bertz CT molecular complexity index is 577. The monoisotopic (exact) mass is 327 g/mol. The van der Waals surface area contributed by atoms with Gasteiger partial charge in [-0.05, 0) is 30.7 Å². The SMILES string of the molecule is C=CC(=O)N1CC[C@@H](NC(=O)Nc2ccc(Cl)c(Cl)c2)C1. The van der Waals surface area contributed by atoms with E-state index in [0.717, 1.165) is 0 Å². The van der Waals surface area contributed by atoms with Crippen molar-refractivity contribution in [1.29, 1.82) is 0 Å². The van der Waals surface area contributed by atoms with Crippen molar-refractivity contribution in [3.05, 3.63) is 40.9 Å². The quantitative estimate of drug-likeness (QED) is 0.838. The summed E-state index contributed by atoms with van der Waals surface area (Å²) in [5, 5.41) is 6.30. The molecule has 1 aromatic carbocycles. The summed E-state index contributed by atoms with van der Waals surface area (Å²) in [4.78, 5) is 25.0. The van der Waals surface area contributed by atoms with Crippen LogP contribution in [0.2, 0.25) is 10.0 Å². The molecule has 0 radical (unpaired) electrons. The Hall–Kier alpha value is -1.72. The molecule has 0 aliphatic carbocycles. The topological polar surface area (TPSA) is 61.4 Å². The number of anilines is 1. The van der Waals surface area contributed by atoms with Gasteiger partial charge >= 0.3 is 6.03 Å². The van der Waals surface area contributed by atoms with Gasteiger partial charge in [0.1, 0.15) is 0 Å². The van der Waals surface area contributed by atoms with Gasteiger partial charge in [0.25, 0.3) is 0 Å². The summed E-state index contributed by atoms with van der Waals surface area (Å²) >= 11 is 11.7. The summed E-state index contributed by atoms with van der Waals surface area (Å²) in [5.74, 6) is -0.121. The molecule has 2 rings (SSSR count). The number of carbonyl (C=O) groups is 2. The predicted molar refractivity (Wildman–Crippen MR) is 83.8 cm³/mol. The van der Waals surface area contributed by atoms with E-state index < -0.39 is 0 Å². The Morgan fingerprint density at radius 2 is 2.10 bits per heavy atom. The average molecular weight is 328 g/mol. The number of benzene rings is 1. The summed E-state index contributed by atoms with van der Waals surface area (Å²) < 4.78 is 0. The molecule has 1 fully saturated rings. The van der Waals surface area contributed by atoms with E-state index >= 15 is 0 Å². The first-order chi connectivity index (χ1) is 9.99. The first kappa shape index (κ1) is 15.7. The van der Waals surface area contributed by atoms with Crippen LogP contribution in [0.5, 0.6) is 0 Å². The minimum Gasteiger partial charge on any atom is -0.337 e. The van der Waals surface area contributed by atoms with Gasteiger partial charge < -0.3 is 15.5 Å². The van der Waals surface area contributed by atoms with E-state index in [0.29, 0.717) is 35.2 Å². The molecule has 1 saturated heterocycles. The zero-order chi connectivity index (χ0) is 15.4. The van der Waals surface area contributed by atoms with Crippen molar-refractivity contribution in [3.8, 4) is 0 Å². The van der Waals surface area contributed by atoms with E-state index in [-0.39, 0.29) is 18.0 Å². The molecular formula is C14H15Cl2N3O2. The fraction of sp³-hybridized carbons (Fsp3) is 0.286. The van der Waals surface area contributed by atoms with Crippen molar-refractivity contribution in [2.75, 3.05) is 18.4 Å². The number of nitrogens with one attached hydrogen (secondary N) is 2. The molecular weight excluding hydrogens is 313 g/mol. The van der Waals surface area contributed by atoms with Crippen LogP contribution in [0.4, 0.5) is 10.5 Å². The van der Waals surface area contributed by atoms with Crippen LogP contribution in [0, 0.1) is 0 Å². The van der Waals surface area contributed by atoms with Crippen molar-refractivity contribution in [2.45, 2.75) is 12.5 Å². The molecule has 0 spiro atoms. The molecule has 1 aliphatic heterocycles. The van der Waals surface area contributed by atoms with Crippen molar-refractivity contribution in [2.24, 2.45) is 0 Å². The van der Waals surface area contributed by atoms with E-state index in [9.17, 15) is 9.59 Å². The zero-order valence-electron chi connectivity index (χ0n) is 11.2. The Morgan fingerprint density at radius 1 is 1.33 bits per heavy atom. The third-order valence-corrected chi connectivity index (χ3v) is 3.93. The summed E-state index contributed by atoms with van der Waals surface area (Å²) in [6.45, 7) is 4.55. The van der Waals surface area contributed by atoms with Crippen LogP contribution in [-0.2, 0) is 4.79 Å². The van der Waals surface area contributed by atoms with Crippen LogP contribution in [0.3, 0.4) is 0 Å². The second-order valence-corrected chi connectivity index (χ2v) is 5.52. The number of hydrogen-bond donors (Lipinski definition) is 2. The van der Waals surface area contributed by atoms with Crippen LogP contribution in [-0.4, -0.2) is 36.0 Å². The largest absolute Gasteiger partial charge is 0.337 e. The van der Waals surface area contributed by atoms with Crippen LogP contribution >= 0.6 is 23.2 Å². The summed E-state index contributed by atoms with van der Waals surface area (Å²) in [6.07, 6.45) is 1.99. The number of nitrogens with zero attached hydrogens (tertiary/aromatic N) is 1. The van der Waals surface area contributed by atoms with Crippen molar-refractivity contribution < 1.29 is 9.59 Å². The fourth-order valence-electron chi connectivity index (χ4n) is 2.13. The predicted octanol–water partition coefficient (Wildman–Crippen LogP) is 2.90. The molecule has 1 aromatic rings. The smallest absolute Gasteiger partial charge is 0.319 e. The van der Waals surface area contributed by atoms with Crippen molar-refractivity contribution in [1.82, 2.24) is 10.2 Å². The zero-order valence-corrected chi connectivity index (χ0v) is 12.7. The fourth-order valence-corrected chi connectivity index (χ4v) is 2.43. The molecule has 0 aromatic heterocycles. The summed E-state index contributed by atoms with van der Waals surface area (Å²) in [6, 6.07) is 4.43. The van der Waals surface area contributed by atoms with Gasteiger partial charge in [0, 0.05) is 24.8 Å². The number of hydrogen-bond acceptors (Lipinski definition) is 2. The van der Waals surface area contributed by atoms with Crippen LogP contribution in [0.15, 0.2) is 30.9 Å². The molecule has 1 heterocycles. The van der Waals surface area contributed by atoms with E-state index in [1.165, 1.54) is 6.08 Å². The lowest BCUT2D eigenvalue weighted by atomic mass is 10.3. The van der Waals surface area contributed by atoms with Crippen molar-refractivity contribution >= 4 is 40.8 Å². The molecule has 7 heteroatoms. The lowest BCUT2D eigenvalue weighted by Crippen LogP contribution is -2.40. The minimum absolute atomic E-state index is 0.0725. The first-order valence-electron chi connectivity index (χ1n) is 6.43. The number of rotatable bonds is 3. The maximum atomic E-state index is 11.9. The van der Waals surface area contributed by atoms with Crippen LogP contribution in [0.1, 0.15) is 6.42 Å². The molecule has 0 unspecified atom stereocenters. The van der Waals surface area contributed by atoms with Crippen molar-refractivity contribution in [3.63, 3.8) is 0 Å². The normalized spacial score (nSPS) is 17.4. The van der Waals surface area contributed by atoms with Crippen LogP contribution in [0.25, 0.3) is 0 Å². The molecule has 0 saturated carbocycles. The van der Waals surface area contributed by atoms with Gasteiger partial charge in [-0.25, -0.2) is 4.79 Å². The molecule has 2 N–H and O–H groups in total. The third kappa shape index (κ3) is 4.12. The Labute approximate surface area is 132 Å². The lowest BCUT2D eigenvalue weighted by molar-refractivity contribution is -0.125. The molecule has 3 amide bonds. The Morgan fingerprint density at radius 3 is 2.76 bits per heavy atom. The number of likely N-dealkylation sites (tertiary alicyclic amines) is 1. The van der Waals surface area contributed by atoms with Gasteiger partial charge in [-0.1, -0.05) is 29.8 Å². The van der Waals surface area contributed by atoms with Gasteiger partial charge in [0.05, 0.1) is 10.0 Å². The van der Waals surface area contributed by atoms with Gasteiger partial charge in [-0.15, -0.1) is 0 Å². The molecule has 112 valence electrons. The highest BCUT2D eigenvalue weighted by Crippen LogP contribution is 2.24. The standard InChI is InChI=1S/C14H15Cl2N3O2/c1-2-13(20)19-6-5-10(8-19)18-14(21)17-9-3-4-11(15)12(16)7-9/h2-4,7,10H,1,5-6,8H2,(H2,17,18,21)/t10-/m1/s1. The second kappa shape index (κ2) is 6.83. The molecule has 1 atom stereocenters. The molecule has 5 nitrogen and oxygen atoms in total. The van der Waals surface area contributed by atoms with Gasteiger partial charge in [-0.3, -0.25) is 4.79 Å². The van der Waals surface area contributed by atoms with Gasteiger partial charge in [0.15, 0.2) is 0 Å². The minimum atomic E-state index is -0.341. The highest BCUT2D eigenvalue weighted by atomic mass is 35.5. The summed E-state index contributed by atoms with van der Waals surface area (Å²) in [7, 11) is 0. The maximum absolute atomic E-state index is 11.9. The van der Waals surface area contributed by atoms with E-state index in [1.807, 2.05) is 0 Å². The highest BCUT2D eigenvalue weighted by molar-refractivity contribution is 6.42. The van der Waals surface area contributed by atoms with Gasteiger partial charge in [-0.2, -0.15) is 0 Å². The maximum Gasteiger partial charge on any atom is 0.319 e. The average Bonchev–Trinajstić information content (AvgIpc) is 2.90. The second-order valence-electron chi connectivity index (χ2n) is 4.70.